The van der Waals surface area contributed by atoms with E-state index in [4.69, 9.17) is 23.2 Å². The van der Waals surface area contributed by atoms with Crippen LogP contribution in [0.15, 0.2) is 18.2 Å². The first-order valence-corrected chi connectivity index (χ1v) is 8.23. The molecule has 1 aliphatic rings. The lowest BCUT2D eigenvalue weighted by Gasteiger charge is -2.24. The molecule has 1 amide bonds. The van der Waals surface area contributed by atoms with Gasteiger partial charge in [0.1, 0.15) is 0 Å². The highest BCUT2D eigenvalue weighted by Gasteiger charge is 2.32. The molecule has 21 heavy (non-hydrogen) atoms. The first-order chi connectivity index (χ1) is 10.0. The van der Waals surface area contributed by atoms with Gasteiger partial charge >= 0.3 is 0 Å². The molecule has 1 aliphatic carbocycles. The molecule has 0 radical (unpaired) electrons. The summed E-state index contributed by atoms with van der Waals surface area (Å²) in [4.78, 5) is 14.4. The summed E-state index contributed by atoms with van der Waals surface area (Å²) < 4.78 is 0. The SMILES string of the molecule is CCC(C)NCC(=O)N(Cc1ccc(Cl)c(Cl)c1)C1CC1. The Balaban J connectivity index is 1.98. The number of halogens is 2. The predicted molar refractivity (Wildman–Crippen MR) is 87.8 cm³/mol. The van der Waals surface area contributed by atoms with Crippen molar-refractivity contribution in [2.24, 2.45) is 0 Å². The third-order valence-electron chi connectivity index (χ3n) is 3.86. The maximum absolute atomic E-state index is 12.4. The Morgan fingerprint density at radius 1 is 1.38 bits per heavy atom. The molecule has 0 saturated heterocycles. The smallest absolute Gasteiger partial charge is 0.237 e. The number of carbonyl (C=O) groups is 1. The van der Waals surface area contributed by atoms with Crippen molar-refractivity contribution in [3.8, 4) is 0 Å². The molecule has 1 aromatic rings. The highest BCUT2D eigenvalue weighted by atomic mass is 35.5. The molecule has 0 spiro atoms. The van der Waals surface area contributed by atoms with E-state index >= 15 is 0 Å². The number of rotatable bonds is 7. The quantitative estimate of drug-likeness (QED) is 0.823. The lowest BCUT2D eigenvalue weighted by Crippen LogP contribution is -2.41. The lowest BCUT2D eigenvalue weighted by molar-refractivity contribution is -0.131. The fourth-order valence-electron chi connectivity index (χ4n) is 2.15. The van der Waals surface area contributed by atoms with Crippen LogP contribution in [0.5, 0.6) is 0 Å². The van der Waals surface area contributed by atoms with Crippen molar-refractivity contribution in [2.75, 3.05) is 6.54 Å². The molecule has 1 saturated carbocycles. The standard InChI is InChI=1S/C16H22Cl2N2O/c1-3-11(2)19-9-16(21)20(13-5-6-13)10-12-4-7-14(17)15(18)8-12/h4,7-8,11,13,19H,3,5-6,9-10H2,1-2H3. The minimum atomic E-state index is 0.156. The molecule has 1 unspecified atom stereocenters. The van der Waals surface area contributed by atoms with E-state index in [0.717, 1.165) is 24.8 Å². The Hall–Kier alpha value is -0.770. The van der Waals surface area contributed by atoms with Gasteiger partial charge < -0.3 is 10.2 Å². The van der Waals surface area contributed by atoms with Crippen LogP contribution < -0.4 is 5.32 Å². The highest BCUT2D eigenvalue weighted by molar-refractivity contribution is 6.42. The summed E-state index contributed by atoms with van der Waals surface area (Å²) in [6, 6.07) is 6.30. The first-order valence-electron chi connectivity index (χ1n) is 7.48. The van der Waals surface area contributed by atoms with Gasteiger partial charge in [0.25, 0.3) is 0 Å². The van der Waals surface area contributed by atoms with Crippen LogP contribution in [-0.4, -0.2) is 29.4 Å². The van der Waals surface area contributed by atoms with Gasteiger partial charge in [-0.1, -0.05) is 36.2 Å². The third-order valence-corrected chi connectivity index (χ3v) is 4.60. The summed E-state index contributed by atoms with van der Waals surface area (Å²) in [5.41, 5.74) is 1.02. The Bertz CT molecular complexity index is 503. The zero-order valence-corrected chi connectivity index (χ0v) is 14.0. The monoisotopic (exact) mass is 328 g/mol. The maximum atomic E-state index is 12.4. The second-order valence-corrected chi connectivity index (χ2v) is 6.51. The van der Waals surface area contributed by atoms with E-state index in [2.05, 4.69) is 19.2 Å². The van der Waals surface area contributed by atoms with Crippen molar-refractivity contribution < 1.29 is 4.79 Å². The second-order valence-electron chi connectivity index (χ2n) is 5.69. The predicted octanol–water partition coefficient (Wildman–Crippen LogP) is 3.87. The van der Waals surface area contributed by atoms with Crippen LogP contribution in [0, 0.1) is 0 Å². The van der Waals surface area contributed by atoms with Gasteiger partial charge in [-0.25, -0.2) is 0 Å². The number of nitrogens with one attached hydrogen (secondary N) is 1. The molecule has 0 aromatic heterocycles. The van der Waals surface area contributed by atoms with Crippen LogP contribution >= 0.6 is 23.2 Å². The minimum absolute atomic E-state index is 0.156. The molecular formula is C16H22Cl2N2O. The fraction of sp³-hybridized carbons (Fsp3) is 0.562. The maximum Gasteiger partial charge on any atom is 0.237 e. The van der Waals surface area contributed by atoms with Gasteiger partial charge in [0.2, 0.25) is 5.91 Å². The molecule has 3 nitrogen and oxygen atoms in total. The normalized spacial score (nSPS) is 15.8. The van der Waals surface area contributed by atoms with Crippen LogP contribution in [0.2, 0.25) is 10.0 Å². The average molecular weight is 329 g/mol. The number of hydrogen-bond donors (Lipinski definition) is 1. The third kappa shape index (κ3) is 4.87. The molecule has 1 atom stereocenters. The molecule has 116 valence electrons. The van der Waals surface area contributed by atoms with E-state index in [9.17, 15) is 4.79 Å². The minimum Gasteiger partial charge on any atom is -0.334 e. The molecule has 1 aromatic carbocycles. The van der Waals surface area contributed by atoms with E-state index in [0.29, 0.717) is 35.2 Å². The molecule has 2 rings (SSSR count). The Kier molecular flexibility index (Phi) is 5.91. The van der Waals surface area contributed by atoms with Gasteiger partial charge in [0.05, 0.1) is 16.6 Å². The van der Waals surface area contributed by atoms with Crippen LogP contribution in [0.1, 0.15) is 38.7 Å². The molecule has 0 aliphatic heterocycles. The number of hydrogen-bond acceptors (Lipinski definition) is 2. The van der Waals surface area contributed by atoms with Crippen LogP contribution in [0.4, 0.5) is 0 Å². The topological polar surface area (TPSA) is 32.3 Å². The Morgan fingerprint density at radius 2 is 2.10 bits per heavy atom. The van der Waals surface area contributed by atoms with Gasteiger partial charge in [-0.2, -0.15) is 0 Å². The van der Waals surface area contributed by atoms with Crippen LogP contribution in [-0.2, 0) is 11.3 Å². The molecule has 1 fully saturated rings. The zero-order chi connectivity index (χ0) is 15.4. The lowest BCUT2D eigenvalue weighted by atomic mass is 10.2. The second kappa shape index (κ2) is 7.48. The van der Waals surface area contributed by atoms with Crippen molar-refractivity contribution >= 4 is 29.1 Å². The Labute approximate surface area is 136 Å². The number of amides is 1. The van der Waals surface area contributed by atoms with E-state index in [1.807, 2.05) is 17.0 Å². The number of carbonyl (C=O) groups excluding carboxylic acids is 1. The fourth-order valence-corrected chi connectivity index (χ4v) is 2.47. The largest absolute Gasteiger partial charge is 0.334 e. The summed E-state index contributed by atoms with van der Waals surface area (Å²) in [6.07, 6.45) is 3.20. The average Bonchev–Trinajstić information content (AvgIpc) is 3.30. The van der Waals surface area contributed by atoms with Crippen molar-refractivity contribution in [2.45, 2.75) is 51.7 Å². The molecule has 0 heterocycles. The Morgan fingerprint density at radius 3 is 2.67 bits per heavy atom. The first kappa shape index (κ1) is 16.6. The highest BCUT2D eigenvalue weighted by Crippen LogP contribution is 2.30. The van der Waals surface area contributed by atoms with Gasteiger partial charge in [0, 0.05) is 18.6 Å². The van der Waals surface area contributed by atoms with Crippen LogP contribution in [0.25, 0.3) is 0 Å². The van der Waals surface area contributed by atoms with E-state index < -0.39 is 0 Å². The van der Waals surface area contributed by atoms with Crippen LogP contribution in [0.3, 0.4) is 0 Å². The van der Waals surface area contributed by atoms with Crippen molar-refractivity contribution in [1.82, 2.24) is 10.2 Å². The van der Waals surface area contributed by atoms with E-state index in [1.54, 1.807) is 6.07 Å². The summed E-state index contributed by atoms with van der Waals surface area (Å²) >= 11 is 12.0. The van der Waals surface area contributed by atoms with Gasteiger partial charge in [0.15, 0.2) is 0 Å². The number of nitrogens with zero attached hydrogens (tertiary/aromatic N) is 1. The van der Waals surface area contributed by atoms with Gasteiger partial charge in [-0.05, 0) is 43.9 Å². The molecule has 0 bridgehead atoms. The van der Waals surface area contributed by atoms with Crippen molar-refractivity contribution in [3.05, 3.63) is 33.8 Å². The number of benzene rings is 1. The molecular weight excluding hydrogens is 307 g/mol. The van der Waals surface area contributed by atoms with Gasteiger partial charge in [-0.3, -0.25) is 4.79 Å². The molecule has 5 heteroatoms. The zero-order valence-electron chi connectivity index (χ0n) is 12.5. The van der Waals surface area contributed by atoms with Crippen molar-refractivity contribution in [3.63, 3.8) is 0 Å². The van der Waals surface area contributed by atoms with Crippen molar-refractivity contribution in [1.29, 1.82) is 0 Å². The molecule has 1 N–H and O–H groups in total. The summed E-state index contributed by atoms with van der Waals surface area (Å²) in [7, 11) is 0. The summed E-state index contributed by atoms with van der Waals surface area (Å²) in [5.74, 6) is 0.156. The van der Waals surface area contributed by atoms with E-state index in [1.165, 1.54) is 0 Å². The van der Waals surface area contributed by atoms with E-state index in [-0.39, 0.29) is 5.91 Å². The summed E-state index contributed by atoms with van der Waals surface area (Å²) in [6.45, 7) is 5.19. The summed E-state index contributed by atoms with van der Waals surface area (Å²) in [5, 5.41) is 4.34. The van der Waals surface area contributed by atoms with Gasteiger partial charge in [-0.15, -0.1) is 0 Å².